The maximum atomic E-state index is 5.22. The largest absolute Gasteiger partial charge is 0.497 e. The zero-order chi connectivity index (χ0) is 12.1. The molecule has 1 N–H and O–H groups in total. The molecular formula is C14H21NO. The van der Waals surface area contributed by atoms with Crippen LogP contribution in [0.5, 0.6) is 5.75 Å². The average Bonchev–Trinajstić information content (AvgIpc) is 2.65. The normalized spacial score (nSPS) is 9.81. The first-order valence-corrected chi connectivity index (χ1v) is 5.91. The Bertz CT molecular complexity index is 457. The molecule has 0 spiro atoms. The number of rotatable bonds is 2. The van der Waals surface area contributed by atoms with E-state index in [1.165, 1.54) is 22.2 Å². The van der Waals surface area contributed by atoms with Crippen LogP contribution in [-0.2, 0) is 6.42 Å². The summed E-state index contributed by atoms with van der Waals surface area (Å²) in [5.74, 6) is 0.922. The number of ether oxygens (including phenoxy) is 1. The van der Waals surface area contributed by atoms with Gasteiger partial charge in [-0.3, -0.25) is 0 Å². The number of methoxy groups -OCH3 is 1. The fourth-order valence-electron chi connectivity index (χ4n) is 1.94. The maximum absolute atomic E-state index is 5.22. The van der Waals surface area contributed by atoms with Gasteiger partial charge in [0.15, 0.2) is 0 Å². The lowest BCUT2D eigenvalue weighted by Gasteiger charge is -2.00. The third-order valence-electron chi connectivity index (χ3n) is 2.68. The lowest BCUT2D eigenvalue weighted by atomic mass is 10.1. The number of benzene rings is 1. The van der Waals surface area contributed by atoms with E-state index in [1.807, 2.05) is 19.9 Å². The Balaban J connectivity index is 0.000000606. The molecule has 0 bridgehead atoms. The third kappa shape index (κ3) is 2.21. The number of aryl methyl sites for hydroxylation is 2. The summed E-state index contributed by atoms with van der Waals surface area (Å²) in [6.07, 6.45) is 1.05. The number of aromatic nitrogens is 1. The Kier molecular flexibility index (Phi) is 4.41. The van der Waals surface area contributed by atoms with Gasteiger partial charge < -0.3 is 9.72 Å². The van der Waals surface area contributed by atoms with Crippen molar-refractivity contribution in [2.45, 2.75) is 34.1 Å². The van der Waals surface area contributed by atoms with Crippen LogP contribution in [0.15, 0.2) is 18.2 Å². The molecule has 0 amide bonds. The van der Waals surface area contributed by atoms with Gasteiger partial charge in [-0.1, -0.05) is 20.8 Å². The fraction of sp³-hybridized carbons (Fsp3) is 0.429. The van der Waals surface area contributed by atoms with Gasteiger partial charge in [0.1, 0.15) is 5.75 Å². The van der Waals surface area contributed by atoms with Crippen LogP contribution < -0.4 is 4.74 Å². The van der Waals surface area contributed by atoms with Gasteiger partial charge in [-0.25, -0.2) is 0 Å². The van der Waals surface area contributed by atoms with Crippen molar-refractivity contribution in [3.05, 3.63) is 29.5 Å². The van der Waals surface area contributed by atoms with Crippen LogP contribution in [0.2, 0.25) is 0 Å². The number of hydrogen-bond donors (Lipinski definition) is 1. The molecule has 88 valence electrons. The van der Waals surface area contributed by atoms with Crippen LogP contribution in [0, 0.1) is 6.92 Å². The molecule has 16 heavy (non-hydrogen) atoms. The quantitative estimate of drug-likeness (QED) is 0.809. The summed E-state index contributed by atoms with van der Waals surface area (Å²) in [7, 11) is 1.70. The van der Waals surface area contributed by atoms with Gasteiger partial charge in [-0.2, -0.15) is 0 Å². The van der Waals surface area contributed by atoms with Crippen molar-refractivity contribution >= 4 is 10.9 Å². The van der Waals surface area contributed by atoms with E-state index in [2.05, 4.69) is 31.0 Å². The highest BCUT2D eigenvalue weighted by Crippen LogP contribution is 2.26. The van der Waals surface area contributed by atoms with E-state index in [9.17, 15) is 0 Å². The van der Waals surface area contributed by atoms with Crippen LogP contribution >= 0.6 is 0 Å². The molecule has 0 unspecified atom stereocenters. The smallest absolute Gasteiger partial charge is 0.119 e. The SMILES string of the molecule is CC.CCc1c(C)[nH]c2ccc(OC)cc12. The second-order valence-corrected chi connectivity index (χ2v) is 3.49. The second kappa shape index (κ2) is 5.59. The number of fused-ring (bicyclic) bond motifs is 1. The van der Waals surface area contributed by atoms with Crippen molar-refractivity contribution in [3.8, 4) is 5.75 Å². The number of hydrogen-bond acceptors (Lipinski definition) is 1. The van der Waals surface area contributed by atoms with E-state index in [0.29, 0.717) is 0 Å². The summed E-state index contributed by atoms with van der Waals surface area (Å²) in [6, 6.07) is 6.15. The highest BCUT2D eigenvalue weighted by molar-refractivity contribution is 5.85. The van der Waals surface area contributed by atoms with Gasteiger partial charge in [0.25, 0.3) is 0 Å². The number of aromatic amines is 1. The van der Waals surface area contributed by atoms with Gasteiger partial charge in [-0.15, -0.1) is 0 Å². The van der Waals surface area contributed by atoms with Crippen LogP contribution in [-0.4, -0.2) is 12.1 Å². The van der Waals surface area contributed by atoms with Crippen LogP contribution in [0.25, 0.3) is 10.9 Å². The minimum absolute atomic E-state index is 0.922. The van der Waals surface area contributed by atoms with Crippen molar-refractivity contribution in [1.82, 2.24) is 4.98 Å². The van der Waals surface area contributed by atoms with E-state index >= 15 is 0 Å². The van der Waals surface area contributed by atoms with E-state index in [0.717, 1.165) is 12.2 Å². The van der Waals surface area contributed by atoms with Crippen LogP contribution in [0.4, 0.5) is 0 Å². The Morgan fingerprint density at radius 1 is 1.25 bits per heavy atom. The molecule has 0 radical (unpaired) electrons. The molecule has 0 aliphatic carbocycles. The fourth-order valence-corrected chi connectivity index (χ4v) is 1.94. The molecule has 1 aromatic heterocycles. The number of H-pyrrole nitrogens is 1. The van der Waals surface area contributed by atoms with Crippen LogP contribution in [0.1, 0.15) is 32.0 Å². The maximum Gasteiger partial charge on any atom is 0.119 e. The third-order valence-corrected chi connectivity index (χ3v) is 2.68. The molecule has 0 saturated heterocycles. The van der Waals surface area contributed by atoms with E-state index in [1.54, 1.807) is 7.11 Å². The molecule has 1 heterocycles. The molecule has 1 aromatic carbocycles. The summed E-state index contributed by atoms with van der Waals surface area (Å²) in [4.78, 5) is 3.37. The zero-order valence-corrected chi connectivity index (χ0v) is 10.8. The van der Waals surface area contributed by atoms with E-state index in [4.69, 9.17) is 4.74 Å². The molecule has 2 nitrogen and oxygen atoms in total. The van der Waals surface area contributed by atoms with Crippen LogP contribution in [0.3, 0.4) is 0 Å². The number of nitrogens with one attached hydrogen (secondary N) is 1. The Hall–Kier alpha value is -1.44. The lowest BCUT2D eigenvalue weighted by Crippen LogP contribution is -1.83. The van der Waals surface area contributed by atoms with E-state index < -0.39 is 0 Å². The molecular weight excluding hydrogens is 198 g/mol. The van der Waals surface area contributed by atoms with Crippen molar-refractivity contribution in [2.24, 2.45) is 0 Å². The zero-order valence-electron chi connectivity index (χ0n) is 10.8. The van der Waals surface area contributed by atoms with Gasteiger partial charge in [0.05, 0.1) is 7.11 Å². The topological polar surface area (TPSA) is 25.0 Å². The summed E-state index contributed by atoms with van der Waals surface area (Å²) in [5, 5.41) is 1.28. The average molecular weight is 219 g/mol. The standard InChI is InChI=1S/C12H15NO.C2H6/c1-4-10-8(2)13-12-6-5-9(14-3)7-11(10)12;1-2/h5-7,13H,4H2,1-3H3;1-2H3. The van der Waals surface area contributed by atoms with Crippen molar-refractivity contribution in [1.29, 1.82) is 0 Å². The molecule has 0 fully saturated rings. The second-order valence-electron chi connectivity index (χ2n) is 3.49. The van der Waals surface area contributed by atoms with Crippen molar-refractivity contribution < 1.29 is 4.74 Å². The van der Waals surface area contributed by atoms with Gasteiger partial charge in [-0.05, 0) is 37.1 Å². The summed E-state index contributed by atoms with van der Waals surface area (Å²) < 4.78 is 5.22. The molecule has 2 heteroatoms. The lowest BCUT2D eigenvalue weighted by molar-refractivity contribution is 0.415. The predicted molar refractivity (Wildman–Crippen MR) is 70.3 cm³/mol. The van der Waals surface area contributed by atoms with Gasteiger partial charge in [0, 0.05) is 16.6 Å². The van der Waals surface area contributed by atoms with Gasteiger partial charge in [0.2, 0.25) is 0 Å². The molecule has 0 aliphatic rings. The van der Waals surface area contributed by atoms with Gasteiger partial charge >= 0.3 is 0 Å². The predicted octanol–water partition coefficient (Wildman–Crippen LogP) is 4.07. The first-order valence-electron chi connectivity index (χ1n) is 5.91. The molecule has 0 saturated carbocycles. The minimum Gasteiger partial charge on any atom is -0.497 e. The Morgan fingerprint density at radius 2 is 1.94 bits per heavy atom. The highest BCUT2D eigenvalue weighted by atomic mass is 16.5. The summed E-state index contributed by atoms with van der Waals surface area (Å²) >= 11 is 0. The van der Waals surface area contributed by atoms with Crippen molar-refractivity contribution in [3.63, 3.8) is 0 Å². The molecule has 2 aromatic rings. The summed E-state index contributed by atoms with van der Waals surface area (Å²) in [5.41, 5.74) is 3.84. The van der Waals surface area contributed by atoms with Crippen molar-refractivity contribution in [2.75, 3.05) is 7.11 Å². The first-order chi connectivity index (χ1) is 7.76. The Morgan fingerprint density at radius 3 is 2.50 bits per heavy atom. The monoisotopic (exact) mass is 219 g/mol. The molecule has 0 atom stereocenters. The summed E-state index contributed by atoms with van der Waals surface area (Å²) in [6.45, 7) is 8.29. The van der Waals surface area contributed by atoms with E-state index in [-0.39, 0.29) is 0 Å². The first kappa shape index (κ1) is 12.6. The Labute approximate surface area is 97.6 Å². The molecule has 0 aliphatic heterocycles. The molecule has 2 rings (SSSR count). The highest BCUT2D eigenvalue weighted by Gasteiger charge is 2.06. The minimum atomic E-state index is 0.922.